The Bertz CT molecular complexity index is 549. The van der Waals surface area contributed by atoms with Gasteiger partial charge in [0, 0.05) is 43.5 Å². The highest BCUT2D eigenvalue weighted by atomic mass is 16.6. The van der Waals surface area contributed by atoms with Crippen LogP contribution in [0.3, 0.4) is 0 Å². The lowest BCUT2D eigenvalue weighted by molar-refractivity contribution is -0.384. The molecule has 0 saturated carbocycles. The maximum atomic E-state index is 11.2. The highest BCUT2D eigenvalue weighted by Crippen LogP contribution is 2.22. The van der Waals surface area contributed by atoms with Crippen LogP contribution in [-0.4, -0.2) is 42.2 Å². The van der Waals surface area contributed by atoms with Gasteiger partial charge in [0.15, 0.2) is 0 Å². The van der Waals surface area contributed by atoms with Crippen LogP contribution in [0, 0.1) is 10.1 Å². The lowest BCUT2D eigenvalue weighted by atomic mass is 10.1. The first-order chi connectivity index (χ1) is 9.99. The van der Waals surface area contributed by atoms with E-state index in [-0.39, 0.29) is 11.7 Å². The molecule has 21 heavy (non-hydrogen) atoms. The van der Waals surface area contributed by atoms with Gasteiger partial charge in [0.2, 0.25) is 0 Å². The summed E-state index contributed by atoms with van der Waals surface area (Å²) in [6.07, 6.45) is 0.362. The molecule has 0 aliphatic carbocycles. The molecule has 0 spiro atoms. The SMILES string of the molecule is COC(=O)NC1CCN(Cc2cc([N+](=O)[O-])ccc2N)C1. The number of nitrogens with two attached hydrogens (primary N) is 1. The van der Waals surface area contributed by atoms with Crippen molar-refractivity contribution in [3.63, 3.8) is 0 Å². The fourth-order valence-corrected chi connectivity index (χ4v) is 2.40. The number of carbonyl (C=O) groups is 1. The van der Waals surface area contributed by atoms with E-state index in [2.05, 4.69) is 15.0 Å². The molecule has 1 saturated heterocycles. The number of anilines is 1. The molecule has 1 atom stereocenters. The van der Waals surface area contributed by atoms with Crippen molar-refractivity contribution in [2.75, 3.05) is 25.9 Å². The smallest absolute Gasteiger partial charge is 0.407 e. The monoisotopic (exact) mass is 294 g/mol. The van der Waals surface area contributed by atoms with E-state index in [1.165, 1.54) is 19.2 Å². The molecule has 1 aliphatic heterocycles. The van der Waals surface area contributed by atoms with Crippen LogP contribution < -0.4 is 11.1 Å². The summed E-state index contributed by atoms with van der Waals surface area (Å²) in [4.78, 5) is 23.6. The van der Waals surface area contributed by atoms with Gasteiger partial charge in [0.1, 0.15) is 0 Å². The van der Waals surface area contributed by atoms with E-state index < -0.39 is 11.0 Å². The zero-order valence-electron chi connectivity index (χ0n) is 11.7. The minimum Gasteiger partial charge on any atom is -0.453 e. The van der Waals surface area contributed by atoms with Crippen LogP contribution in [0.4, 0.5) is 16.2 Å². The van der Waals surface area contributed by atoms with Gasteiger partial charge in [-0.05, 0) is 18.1 Å². The molecule has 1 aliphatic rings. The van der Waals surface area contributed by atoms with Crippen LogP contribution in [0.1, 0.15) is 12.0 Å². The number of rotatable bonds is 4. The van der Waals surface area contributed by atoms with Gasteiger partial charge in [-0.15, -0.1) is 0 Å². The Labute approximate surface area is 122 Å². The normalized spacial score (nSPS) is 18.4. The molecule has 0 radical (unpaired) electrons. The lowest BCUT2D eigenvalue weighted by Gasteiger charge is -2.17. The molecule has 8 nitrogen and oxygen atoms in total. The Morgan fingerprint density at radius 3 is 3.05 bits per heavy atom. The van der Waals surface area contributed by atoms with E-state index >= 15 is 0 Å². The van der Waals surface area contributed by atoms with Gasteiger partial charge in [0.05, 0.1) is 12.0 Å². The Morgan fingerprint density at radius 1 is 1.62 bits per heavy atom. The molecule has 2 rings (SSSR count). The van der Waals surface area contributed by atoms with Crippen molar-refractivity contribution < 1.29 is 14.5 Å². The highest BCUT2D eigenvalue weighted by Gasteiger charge is 2.25. The first-order valence-corrected chi connectivity index (χ1v) is 6.59. The number of ether oxygens (including phenoxy) is 1. The van der Waals surface area contributed by atoms with Crippen molar-refractivity contribution in [2.24, 2.45) is 0 Å². The number of nitrogens with zero attached hydrogens (tertiary/aromatic N) is 2. The van der Waals surface area contributed by atoms with E-state index in [1.54, 1.807) is 6.07 Å². The van der Waals surface area contributed by atoms with Crippen molar-refractivity contribution in [1.29, 1.82) is 0 Å². The molecule has 1 fully saturated rings. The molecule has 0 bridgehead atoms. The average Bonchev–Trinajstić information content (AvgIpc) is 2.88. The van der Waals surface area contributed by atoms with Gasteiger partial charge >= 0.3 is 6.09 Å². The molecule has 1 unspecified atom stereocenters. The predicted octanol–water partition coefficient (Wildman–Crippen LogP) is 1.11. The molecule has 1 aromatic carbocycles. The number of hydrogen-bond acceptors (Lipinski definition) is 6. The van der Waals surface area contributed by atoms with Gasteiger partial charge in [-0.1, -0.05) is 0 Å². The van der Waals surface area contributed by atoms with Crippen molar-refractivity contribution >= 4 is 17.5 Å². The van der Waals surface area contributed by atoms with E-state index in [0.29, 0.717) is 18.8 Å². The summed E-state index contributed by atoms with van der Waals surface area (Å²) < 4.78 is 4.56. The number of benzene rings is 1. The maximum Gasteiger partial charge on any atom is 0.407 e. The molecular weight excluding hydrogens is 276 g/mol. The summed E-state index contributed by atoms with van der Waals surface area (Å²) in [6, 6.07) is 4.46. The summed E-state index contributed by atoms with van der Waals surface area (Å²) in [6.45, 7) is 1.97. The molecule has 3 N–H and O–H groups in total. The highest BCUT2D eigenvalue weighted by molar-refractivity contribution is 5.67. The van der Waals surface area contributed by atoms with Crippen molar-refractivity contribution in [3.05, 3.63) is 33.9 Å². The third-order valence-electron chi connectivity index (χ3n) is 3.51. The Hall–Kier alpha value is -2.35. The quantitative estimate of drug-likeness (QED) is 0.489. The fraction of sp³-hybridized carbons (Fsp3) is 0.462. The zero-order valence-corrected chi connectivity index (χ0v) is 11.7. The van der Waals surface area contributed by atoms with Gasteiger partial charge in [-0.2, -0.15) is 0 Å². The third-order valence-corrected chi connectivity index (χ3v) is 3.51. The van der Waals surface area contributed by atoms with Gasteiger partial charge in [0.25, 0.3) is 5.69 Å². The van der Waals surface area contributed by atoms with Crippen molar-refractivity contribution in [3.8, 4) is 0 Å². The lowest BCUT2D eigenvalue weighted by Crippen LogP contribution is -2.36. The second kappa shape index (κ2) is 6.40. The van der Waals surface area contributed by atoms with Crippen LogP contribution in [0.2, 0.25) is 0 Å². The Morgan fingerprint density at radius 2 is 2.38 bits per heavy atom. The fourth-order valence-electron chi connectivity index (χ4n) is 2.40. The molecule has 1 heterocycles. The number of nitrogen functional groups attached to an aromatic ring is 1. The standard InChI is InChI=1S/C13H18N4O4/c1-21-13(18)15-10-4-5-16(8-10)7-9-6-11(17(19)20)2-3-12(9)14/h2-3,6,10H,4-5,7-8,14H2,1H3,(H,15,18). The van der Waals surface area contributed by atoms with E-state index in [4.69, 9.17) is 5.73 Å². The number of non-ortho nitro benzene ring substituents is 1. The van der Waals surface area contributed by atoms with E-state index in [1.807, 2.05) is 0 Å². The second-order valence-corrected chi connectivity index (χ2v) is 5.00. The average molecular weight is 294 g/mol. The van der Waals surface area contributed by atoms with Crippen molar-refractivity contribution in [2.45, 2.75) is 19.0 Å². The third kappa shape index (κ3) is 3.82. The number of nitro benzene ring substituents is 1. The summed E-state index contributed by atoms with van der Waals surface area (Å²) >= 11 is 0. The van der Waals surface area contributed by atoms with Gasteiger partial charge < -0.3 is 15.8 Å². The number of nitrogens with one attached hydrogen (secondary N) is 1. The molecule has 0 aromatic heterocycles. The number of carbonyl (C=O) groups excluding carboxylic acids is 1. The minimum absolute atomic E-state index is 0.0253. The van der Waals surface area contributed by atoms with Crippen LogP contribution >= 0.6 is 0 Å². The van der Waals surface area contributed by atoms with Crippen LogP contribution in [-0.2, 0) is 11.3 Å². The first-order valence-electron chi connectivity index (χ1n) is 6.59. The second-order valence-electron chi connectivity index (χ2n) is 5.00. The number of amides is 1. The van der Waals surface area contributed by atoms with Crippen LogP contribution in [0.25, 0.3) is 0 Å². The zero-order chi connectivity index (χ0) is 15.4. The van der Waals surface area contributed by atoms with Crippen molar-refractivity contribution in [1.82, 2.24) is 10.2 Å². The predicted molar refractivity (Wildman–Crippen MR) is 76.7 cm³/mol. The number of methoxy groups -OCH3 is 1. The van der Waals surface area contributed by atoms with Gasteiger partial charge in [-0.25, -0.2) is 4.79 Å². The maximum absolute atomic E-state index is 11.2. The van der Waals surface area contributed by atoms with E-state index in [9.17, 15) is 14.9 Å². The van der Waals surface area contributed by atoms with Gasteiger partial charge in [-0.3, -0.25) is 15.0 Å². The van der Waals surface area contributed by atoms with Crippen LogP contribution in [0.5, 0.6) is 0 Å². The molecule has 1 aromatic rings. The van der Waals surface area contributed by atoms with E-state index in [0.717, 1.165) is 18.5 Å². The Balaban J connectivity index is 1.98. The Kier molecular flexibility index (Phi) is 4.59. The summed E-state index contributed by atoms with van der Waals surface area (Å²) in [5.74, 6) is 0. The summed E-state index contributed by atoms with van der Waals surface area (Å²) in [5, 5.41) is 13.5. The summed E-state index contributed by atoms with van der Waals surface area (Å²) in [5.41, 5.74) is 7.15. The minimum atomic E-state index is -0.447. The number of likely N-dealkylation sites (tertiary alicyclic amines) is 1. The largest absolute Gasteiger partial charge is 0.453 e. The van der Waals surface area contributed by atoms with Crippen LogP contribution in [0.15, 0.2) is 18.2 Å². The number of alkyl carbamates (subject to hydrolysis) is 1. The number of hydrogen-bond donors (Lipinski definition) is 2. The molecule has 1 amide bonds. The topological polar surface area (TPSA) is 111 Å². The molecular formula is C13H18N4O4. The molecule has 8 heteroatoms. The first kappa shape index (κ1) is 15.0. The summed E-state index contributed by atoms with van der Waals surface area (Å²) in [7, 11) is 1.33. The number of nitro groups is 1. The molecule has 114 valence electrons.